The molecule has 2 N–H and O–H groups in total. The highest BCUT2D eigenvalue weighted by Crippen LogP contribution is 2.68. The van der Waals surface area contributed by atoms with Crippen LogP contribution in [-0.4, -0.2) is 49.2 Å². The molecule has 2 bridgehead atoms. The van der Waals surface area contributed by atoms with E-state index in [9.17, 15) is 19.4 Å². The lowest BCUT2D eigenvalue weighted by Crippen LogP contribution is -2.63. The molecule has 0 spiro atoms. The van der Waals surface area contributed by atoms with E-state index in [1.807, 2.05) is 6.92 Å². The fourth-order valence-corrected chi connectivity index (χ4v) is 8.47. The fourth-order valence-electron chi connectivity index (χ4n) is 8.47. The Bertz CT molecular complexity index is 1200. The molecule has 1 aromatic rings. The van der Waals surface area contributed by atoms with E-state index in [1.165, 1.54) is 6.07 Å². The Morgan fingerprint density at radius 2 is 1.95 bits per heavy atom. The van der Waals surface area contributed by atoms with Crippen molar-refractivity contribution < 1.29 is 33.5 Å². The molecule has 5 rings (SSSR count). The summed E-state index contributed by atoms with van der Waals surface area (Å²) in [7, 11) is 0.631. The molecule has 39 heavy (non-hydrogen) atoms. The SMILES string of the molecule is C=C[C@]1(C)C[C@@H](OC(=O)NC(=O)c2ccc3c(c2)B(O)OC3)[C@]2(C)[C@@H](C)CC[C@]3(CC[C@@H](OC)[C@@H]32)[C@@H](C)C1=O. The normalized spacial score (nSPS) is 39.3. The smallest absolute Gasteiger partial charge is 0.445 e. The minimum Gasteiger partial charge on any atom is -0.445 e. The molecular weight excluding hydrogens is 497 g/mol. The van der Waals surface area contributed by atoms with E-state index < -0.39 is 36.1 Å². The Morgan fingerprint density at radius 1 is 1.23 bits per heavy atom. The Balaban J connectivity index is 1.47. The van der Waals surface area contributed by atoms with E-state index in [0.717, 1.165) is 31.2 Å². The average molecular weight is 537 g/mol. The van der Waals surface area contributed by atoms with Crippen LogP contribution in [0.4, 0.5) is 4.79 Å². The van der Waals surface area contributed by atoms with Crippen LogP contribution in [0, 0.1) is 34.0 Å². The van der Waals surface area contributed by atoms with Gasteiger partial charge in [-0.25, -0.2) is 4.79 Å². The van der Waals surface area contributed by atoms with Crippen LogP contribution < -0.4 is 10.8 Å². The number of carbonyl (C=O) groups excluding carboxylic acids is 3. The number of carbonyl (C=O) groups is 3. The van der Waals surface area contributed by atoms with Crippen LogP contribution in [0.25, 0.3) is 0 Å². The van der Waals surface area contributed by atoms with Crippen molar-refractivity contribution in [1.82, 2.24) is 5.32 Å². The summed E-state index contributed by atoms with van der Waals surface area (Å²) in [5, 5.41) is 12.4. The number of allylic oxidation sites excluding steroid dienone is 1. The van der Waals surface area contributed by atoms with Crippen LogP contribution in [-0.2, 0) is 25.5 Å². The summed E-state index contributed by atoms with van der Waals surface area (Å²) >= 11 is 0. The van der Waals surface area contributed by atoms with Crippen LogP contribution in [0.2, 0.25) is 0 Å². The van der Waals surface area contributed by atoms with Gasteiger partial charge in [0, 0.05) is 41.8 Å². The maximum atomic E-state index is 14.0. The van der Waals surface area contributed by atoms with Crippen molar-refractivity contribution in [3.8, 4) is 0 Å². The number of methoxy groups -OCH3 is 1. The molecule has 0 unspecified atom stereocenters. The topological polar surface area (TPSA) is 111 Å². The number of rotatable bonds is 4. The van der Waals surface area contributed by atoms with Gasteiger partial charge in [-0.15, -0.1) is 6.58 Å². The second-order valence-electron chi connectivity index (χ2n) is 12.7. The zero-order valence-electron chi connectivity index (χ0n) is 23.6. The molecule has 0 saturated heterocycles. The van der Waals surface area contributed by atoms with Crippen LogP contribution >= 0.6 is 0 Å². The number of fused-ring (bicyclic) bond motifs is 1. The summed E-state index contributed by atoms with van der Waals surface area (Å²) in [5.41, 5.74) is -0.0804. The molecule has 2 amide bonds. The van der Waals surface area contributed by atoms with Crippen molar-refractivity contribution in [3.63, 3.8) is 0 Å². The van der Waals surface area contributed by atoms with Crippen LogP contribution in [0.15, 0.2) is 30.9 Å². The van der Waals surface area contributed by atoms with Crippen molar-refractivity contribution in [2.75, 3.05) is 7.11 Å². The summed E-state index contributed by atoms with van der Waals surface area (Å²) in [5.74, 6) is -0.449. The first-order valence-corrected chi connectivity index (χ1v) is 14.1. The van der Waals surface area contributed by atoms with E-state index in [0.29, 0.717) is 5.46 Å². The van der Waals surface area contributed by atoms with Crippen molar-refractivity contribution in [1.29, 1.82) is 0 Å². The number of imide groups is 1. The minimum atomic E-state index is -1.10. The summed E-state index contributed by atoms with van der Waals surface area (Å²) in [4.78, 5) is 40.4. The summed E-state index contributed by atoms with van der Waals surface area (Å²) in [6.45, 7) is 12.6. The number of nitrogens with one attached hydrogen (secondary N) is 1. The van der Waals surface area contributed by atoms with Gasteiger partial charge < -0.3 is 19.2 Å². The van der Waals surface area contributed by atoms with Crippen molar-refractivity contribution in [2.45, 2.75) is 78.6 Å². The van der Waals surface area contributed by atoms with Gasteiger partial charge in [0.1, 0.15) is 11.9 Å². The molecule has 8 atom stereocenters. The number of ether oxygens (including phenoxy) is 2. The summed E-state index contributed by atoms with van der Waals surface area (Å²) in [6, 6.07) is 4.83. The second kappa shape index (κ2) is 9.86. The van der Waals surface area contributed by atoms with Gasteiger partial charge in [0.05, 0.1) is 12.7 Å². The first kappa shape index (κ1) is 28.1. The molecule has 3 fully saturated rings. The van der Waals surface area contributed by atoms with Gasteiger partial charge >= 0.3 is 13.2 Å². The third-order valence-electron chi connectivity index (χ3n) is 11.1. The number of hydrogen-bond acceptors (Lipinski definition) is 7. The Kier molecular flexibility index (Phi) is 7.09. The van der Waals surface area contributed by atoms with Crippen LogP contribution in [0.5, 0.6) is 0 Å². The van der Waals surface area contributed by atoms with Crippen molar-refractivity contribution >= 4 is 30.4 Å². The molecule has 1 aromatic carbocycles. The molecule has 1 heterocycles. The van der Waals surface area contributed by atoms with Gasteiger partial charge in [0.15, 0.2) is 0 Å². The Hall–Kier alpha value is -2.49. The van der Waals surface area contributed by atoms with Crippen molar-refractivity contribution in [2.24, 2.45) is 34.0 Å². The average Bonchev–Trinajstić information content (AvgIpc) is 3.50. The minimum absolute atomic E-state index is 0.0266. The molecule has 210 valence electrons. The van der Waals surface area contributed by atoms with Gasteiger partial charge in [-0.05, 0) is 67.1 Å². The maximum absolute atomic E-state index is 14.0. The van der Waals surface area contributed by atoms with Crippen LogP contribution in [0.1, 0.15) is 75.7 Å². The molecule has 0 aromatic heterocycles. The molecule has 1 aliphatic heterocycles. The maximum Gasteiger partial charge on any atom is 0.491 e. The quantitative estimate of drug-likeness (QED) is 0.444. The van der Waals surface area contributed by atoms with Gasteiger partial charge in [0.2, 0.25) is 0 Å². The van der Waals surface area contributed by atoms with Gasteiger partial charge in [-0.1, -0.05) is 32.9 Å². The largest absolute Gasteiger partial charge is 0.491 e. The predicted molar refractivity (Wildman–Crippen MR) is 146 cm³/mol. The van der Waals surface area contributed by atoms with Crippen LogP contribution in [0.3, 0.4) is 0 Å². The van der Waals surface area contributed by atoms with E-state index in [1.54, 1.807) is 25.3 Å². The predicted octanol–water partition coefficient (Wildman–Crippen LogP) is 3.79. The molecule has 3 saturated carbocycles. The van der Waals surface area contributed by atoms with Crippen molar-refractivity contribution in [3.05, 3.63) is 42.0 Å². The Labute approximate surface area is 231 Å². The monoisotopic (exact) mass is 537 g/mol. The number of Topliss-reactive ketones (excluding diaryl/α,β-unsaturated/α-hetero) is 1. The third-order valence-corrected chi connectivity index (χ3v) is 11.1. The summed E-state index contributed by atoms with van der Waals surface area (Å²) < 4.78 is 17.4. The standard InChI is InChI=1S/C30H40BNO7/c1-7-28(4)15-23(39-27(35)32-26(34)19-8-9-20-16-38-31(36)21(20)14-19)29(5)17(2)10-12-30(18(3)25(28)33)13-11-22(37-6)24(29)30/h7-9,14,17-18,22-24,36H,1,10-13,15-16H2,2-6H3,(H,32,34,35)/t17-,18-,22+,23+,24+,28+,29-,30-/m0/s1. The second-order valence-corrected chi connectivity index (χ2v) is 12.7. The molecule has 0 radical (unpaired) electrons. The first-order chi connectivity index (χ1) is 18.4. The van der Waals surface area contributed by atoms with Gasteiger partial charge in [-0.2, -0.15) is 0 Å². The highest BCUT2D eigenvalue weighted by molar-refractivity contribution is 6.61. The molecular formula is C30H40BNO7. The molecule has 4 aliphatic rings. The number of benzene rings is 1. The first-order valence-electron chi connectivity index (χ1n) is 14.1. The fraction of sp³-hybridized carbons (Fsp3) is 0.633. The highest BCUT2D eigenvalue weighted by Gasteiger charge is 2.68. The molecule has 8 nitrogen and oxygen atoms in total. The lowest BCUT2D eigenvalue weighted by atomic mass is 9.44. The van der Waals surface area contributed by atoms with E-state index in [4.69, 9.17) is 14.1 Å². The van der Waals surface area contributed by atoms with Gasteiger partial charge in [0.25, 0.3) is 5.91 Å². The zero-order chi connectivity index (χ0) is 28.3. The number of hydrogen-bond donors (Lipinski definition) is 2. The Morgan fingerprint density at radius 3 is 2.64 bits per heavy atom. The lowest BCUT2D eigenvalue weighted by Gasteiger charge is -2.61. The number of ketones is 1. The highest BCUT2D eigenvalue weighted by atomic mass is 16.6. The number of amides is 2. The van der Waals surface area contributed by atoms with E-state index >= 15 is 0 Å². The zero-order valence-corrected chi connectivity index (χ0v) is 23.6. The molecule has 3 aliphatic carbocycles. The van der Waals surface area contributed by atoms with E-state index in [2.05, 4.69) is 32.7 Å². The summed E-state index contributed by atoms with van der Waals surface area (Å²) in [6.07, 6.45) is 4.05. The van der Waals surface area contributed by atoms with E-state index in [-0.39, 0.29) is 53.6 Å². The molecule has 9 heteroatoms. The van der Waals surface area contributed by atoms with Gasteiger partial charge in [-0.3, -0.25) is 14.9 Å². The number of alkyl carbamates (subject to hydrolysis) is 1. The lowest BCUT2D eigenvalue weighted by molar-refractivity contribution is -0.188. The third kappa shape index (κ3) is 4.20.